The molecule has 1 aliphatic heterocycles. The smallest absolute Gasteiger partial charge is 0.226 e. The summed E-state index contributed by atoms with van der Waals surface area (Å²) in [5.41, 5.74) is 1.58. The first-order valence-corrected chi connectivity index (χ1v) is 11.6. The molecule has 2 aromatic heterocycles. The van der Waals surface area contributed by atoms with Gasteiger partial charge < -0.3 is 14.5 Å². The number of ketones is 1. The van der Waals surface area contributed by atoms with Gasteiger partial charge in [-0.3, -0.25) is 9.59 Å². The van der Waals surface area contributed by atoms with Crippen LogP contribution < -0.4 is 4.84 Å². The molecule has 2 aliphatic rings. The summed E-state index contributed by atoms with van der Waals surface area (Å²) in [7, 11) is 0. The molecule has 1 saturated heterocycles. The van der Waals surface area contributed by atoms with Gasteiger partial charge in [-0.25, -0.2) is 9.37 Å². The maximum absolute atomic E-state index is 13.5. The fourth-order valence-corrected chi connectivity index (χ4v) is 4.81. The standard InChI is InChI=1S/C24H26FN5O4/c25-17-9-7-16(8-10-17)22(31)19-4-1-2-5-20(19)24(32)29-12-13-33-18(14-29)15-34-30-23-21(27-28-30)6-3-11-26-23/h3,6-11,18-20H,1-2,4-5,12-15H2/t18?,19-,20-/m0/s1. The quantitative estimate of drug-likeness (QED) is 0.513. The van der Waals surface area contributed by atoms with Gasteiger partial charge in [-0.2, -0.15) is 0 Å². The summed E-state index contributed by atoms with van der Waals surface area (Å²) in [6.07, 6.45) is 4.45. The SMILES string of the molecule is O=C(c1ccc(F)cc1)[C@H]1CCCC[C@@H]1C(=O)N1CCOC(COn2nnc3cccnc32)C1. The first-order chi connectivity index (χ1) is 16.6. The average Bonchev–Trinajstić information content (AvgIpc) is 3.30. The van der Waals surface area contributed by atoms with E-state index in [0.29, 0.717) is 49.3 Å². The predicted octanol–water partition coefficient (Wildman–Crippen LogP) is 2.31. The molecule has 0 spiro atoms. The summed E-state index contributed by atoms with van der Waals surface area (Å²) in [4.78, 5) is 39.6. The second kappa shape index (κ2) is 9.84. The zero-order valence-electron chi connectivity index (χ0n) is 18.7. The largest absolute Gasteiger partial charge is 0.391 e. The molecule has 10 heteroatoms. The van der Waals surface area contributed by atoms with E-state index in [1.165, 1.54) is 29.1 Å². The molecule has 3 aromatic rings. The van der Waals surface area contributed by atoms with Crippen molar-refractivity contribution in [1.29, 1.82) is 0 Å². The van der Waals surface area contributed by atoms with Gasteiger partial charge in [0.15, 0.2) is 5.78 Å². The Balaban J connectivity index is 1.23. The molecule has 1 amide bonds. The van der Waals surface area contributed by atoms with Crippen molar-refractivity contribution in [3.8, 4) is 0 Å². The van der Waals surface area contributed by atoms with Gasteiger partial charge in [-0.15, -0.1) is 5.10 Å². The van der Waals surface area contributed by atoms with Crippen LogP contribution in [0.4, 0.5) is 4.39 Å². The van der Waals surface area contributed by atoms with Gasteiger partial charge in [0.05, 0.1) is 13.2 Å². The Morgan fingerprint density at radius 1 is 1.12 bits per heavy atom. The predicted molar refractivity (Wildman–Crippen MR) is 119 cm³/mol. The number of morpholine rings is 1. The molecular formula is C24H26FN5O4. The average molecular weight is 468 g/mol. The highest BCUT2D eigenvalue weighted by atomic mass is 19.1. The normalized spacial score (nSPS) is 23.1. The maximum Gasteiger partial charge on any atom is 0.226 e. The van der Waals surface area contributed by atoms with Crippen molar-refractivity contribution < 1.29 is 23.6 Å². The molecule has 1 saturated carbocycles. The number of nitrogens with zero attached hydrogens (tertiary/aromatic N) is 5. The number of rotatable bonds is 6. The molecule has 9 nitrogen and oxygen atoms in total. The fourth-order valence-electron chi connectivity index (χ4n) is 4.81. The Morgan fingerprint density at radius 3 is 2.74 bits per heavy atom. The molecule has 1 aromatic carbocycles. The number of carbonyl (C=O) groups is 2. The summed E-state index contributed by atoms with van der Waals surface area (Å²) in [6.45, 7) is 1.41. The van der Waals surface area contributed by atoms with Gasteiger partial charge in [-0.05, 0) is 54.5 Å². The second-order valence-corrected chi connectivity index (χ2v) is 8.75. The first kappa shape index (κ1) is 22.4. The maximum atomic E-state index is 13.5. The van der Waals surface area contributed by atoms with E-state index in [1.807, 2.05) is 0 Å². The monoisotopic (exact) mass is 467 g/mol. The highest BCUT2D eigenvalue weighted by Gasteiger charge is 2.39. The second-order valence-electron chi connectivity index (χ2n) is 8.75. The molecule has 0 radical (unpaired) electrons. The lowest BCUT2D eigenvalue weighted by Crippen LogP contribution is -2.51. The third-order valence-electron chi connectivity index (χ3n) is 6.56. The van der Waals surface area contributed by atoms with Gasteiger partial charge in [0, 0.05) is 30.1 Å². The van der Waals surface area contributed by atoms with E-state index < -0.39 is 5.92 Å². The summed E-state index contributed by atoms with van der Waals surface area (Å²) >= 11 is 0. The summed E-state index contributed by atoms with van der Waals surface area (Å²) in [5, 5.41) is 7.96. The van der Waals surface area contributed by atoms with Gasteiger partial charge >= 0.3 is 0 Å². The minimum Gasteiger partial charge on any atom is -0.391 e. The number of carbonyl (C=O) groups excluding carboxylic acids is 2. The van der Waals surface area contributed by atoms with Crippen LogP contribution >= 0.6 is 0 Å². The van der Waals surface area contributed by atoms with E-state index in [-0.39, 0.29) is 36.1 Å². The third-order valence-corrected chi connectivity index (χ3v) is 6.56. The van der Waals surface area contributed by atoms with Crippen molar-refractivity contribution in [2.45, 2.75) is 31.8 Å². The van der Waals surface area contributed by atoms with Crippen LogP contribution in [-0.2, 0) is 9.53 Å². The third kappa shape index (κ3) is 4.63. The van der Waals surface area contributed by atoms with Crippen LogP contribution in [0, 0.1) is 17.7 Å². The molecule has 34 heavy (non-hydrogen) atoms. The van der Waals surface area contributed by atoms with Crippen LogP contribution in [0.2, 0.25) is 0 Å². The highest BCUT2D eigenvalue weighted by Crippen LogP contribution is 2.34. The lowest BCUT2D eigenvalue weighted by atomic mass is 9.74. The molecule has 0 N–H and O–H groups in total. The van der Waals surface area contributed by atoms with E-state index in [0.717, 1.165) is 12.8 Å². The molecule has 0 bridgehead atoms. The van der Waals surface area contributed by atoms with Crippen molar-refractivity contribution in [1.82, 2.24) is 25.0 Å². The molecular weight excluding hydrogens is 441 g/mol. The molecule has 1 unspecified atom stereocenters. The number of benzene rings is 1. The van der Waals surface area contributed by atoms with Crippen molar-refractivity contribution >= 4 is 22.9 Å². The van der Waals surface area contributed by atoms with Gasteiger partial charge in [0.2, 0.25) is 11.6 Å². The number of hydrogen-bond acceptors (Lipinski definition) is 7. The van der Waals surface area contributed by atoms with Gasteiger partial charge in [-0.1, -0.05) is 17.7 Å². The highest BCUT2D eigenvalue weighted by molar-refractivity contribution is 6.00. The van der Waals surface area contributed by atoms with Crippen LogP contribution in [0.25, 0.3) is 11.2 Å². The zero-order valence-corrected chi connectivity index (χ0v) is 18.7. The Kier molecular flexibility index (Phi) is 6.48. The Morgan fingerprint density at radius 2 is 1.91 bits per heavy atom. The fraction of sp³-hybridized carbons (Fsp3) is 0.458. The number of amides is 1. The van der Waals surface area contributed by atoms with Crippen LogP contribution in [0.1, 0.15) is 36.0 Å². The van der Waals surface area contributed by atoms with Gasteiger partial charge in [0.25, 0.3) is 0 Å². The summed E-state index contributed by atoms with van der Waals surface area (Å²) in [6, 6.07) is 9.13. The lowest BCUT2D eigenvalue weighted by molar-refractivity contribution is -0.148. The van der Waals surface area contributed by atoms with E-state index >= 15 is 0 Å². The molecule has 5 rings (SSSR count). The number of Topliss-reactive ketones (excluding diaryl/α,β-unsaturated/α-hetero) is 1. The molecule has 3 heterocycles. The zero-order chi connectivity index (χ0) is 23.5. The first-order valence-electron chi connectivity index (χ1n) is 11.6. The molecule has 178 valence electrons. The molecule has 2 fully saturated rings. The summed E-state index contributed by atoms with van der Waals surface area (Å²) in [5.74, 6) is -1.27. The Labute approximate surface area is 195 Å². The topological polar surface area (TPSA) is 99.4 Å². The molecule has 3 atom stereocenters. The van der Waals surface area contributed by atoms with Gasteiger partial charge in [0.1, 0.15) is 24.0 Å². The number of pyridine rings is 1. The minimum atomic E-state index is -0.392. The van der Waals surface area contributed by atoms with Crippen molar-refractivity contribution in [2.75, 3.05) is 26.3 Å². The number of halogens is 1. The van der Waals surface area contributed by atoms with Crippen molar-refractivity contribution in [3.63, 3.8) is 0 Å². The van der Waals surface area contributed by atoms with Crippen LogP contribution in [-0.4, -0.2) is 69.1 Å². The number of hydrogen-bond donors (Lipinski definition) is 0. The number of fused-ring (bicyclic) bond motifs is 1. The summed E-state index contributed by atoms with van der Waals surface area (Å²) < 4.78 is 19.1. The van der Waals surface area contributed by atoms with Crippen LogP contribution in [0.3, 0.4) is 0 Å². The van der Waals surface area contributed by atoms with Crippen LogP contribution in [0.15, 0.2) is 42.6 Å². The van der Waals surface area contributed by atoms with E-state index in [4.69, 9.17) is 9.57 Å². The Bertz CT molecular complexity index is 1170. The van der Waals surface area contributed by atoms with E-state index in [9.17, 15) is 14.0 Å². The number of ether oxygens (including phenoxy) is 1. The van der Waals surface area contributed by atoms with Crippen molar-refractivity contribution in [2.24, 2.45) is 11.8 Å². The van der Waals surface area contributed by atoms with Crippen LogP contribution in [0.5, 0.6) is 0 Å². The Hall–Kier alpha value is -3.40. The van der Waals surface area contributed by atoms with E-state index in [1.54, 1.807) is 23.2 Å². The minimum absolute atomic E-state index is 0.0265. The number of aromatic nitrogens is 4. The lowest BCUT2D eigenvalue weighted by Gasteiger charge is -2.38. The van der Waals surface area contributed by atoms with E-state index in [2.05, 4.69) is 15.3 Å². The molecule has 1 aliphatic carbocycles. The van der Waals surface area contributed by atoms with Crippen molar-refractivity contribution in [3.05, 3.63) is 54.0 Å².